The number of nitrogens with zero attached hydrogens (tertiary/aromatic N) is 6. The number of anilines is 3. The summed E-state index contributed by atoms with van der Waals surface area (Å²) < 4.78 is 43.9. The van der Waals surface area contributed by atoms with E-state index in [1.807, 2.05) is 25.8 Å². The Kier molecular flexibility index (Phi) is 10.6. The first kappa shape index (κ1) is 33.6. The Morgan fingerprint density at radius 1 is 1.00 bits per heavy atom. The largest absolute Gasteiger partial charge is 0.416 e. The number of carbonyl (C=O) groups excluding carboxylic acids is 1. The van der Waals surface area contributed by atoms with Crippen LogP contribution in [0.25, 0.3) is 0 Å². The van der Waals surface area contributed by atoms with Crippen molar-refractivity contribution in [3.63, 3.8) is 0 Å². The molecule has 13 heteroatoms. The molecule has 2 aromatic carbocycles. The van der Waals surface area contributed by atoms with E-state index in [1.165, 1.54) is 12.1 Å². The monoisotopic (exact) mass is 646 g/mol. The van der Waals surface area contributed by atoms with Gasteiger partial charge in [-0.3, -0.25) is 14.4 Å². The first-order valence-electron chi connectivity index (χ1n) is 15.3. The number of amides is 1. The maximum absolute atomic E-state index is 14.0. The van der Waals surface area contributed by atoms with E-state index in [4.69, 9.17) is 5.11 Å². The highest BCUT2D eigenvalue weighted by molar-refractivity contribution is 6.04. The number of nitrogens with one attached hydrogen (secondary N) is 2. The second kappa shape index (κ2) is 14.8. The Hall–Kier alpha value is -4.77. The van der Waals surface area contributed by atoms with Gasteiger partial charge in [-0.25, -0.2) is 9.97 Å². The zero-order valence-corrected chi connectivity index (χ0v) is 26.5. The van der Waals surface area contributed by atoms with Crippen molar-refractivity contribution in [2.24, 2.45) is 0 Å². The molecule has 1 aliphatic rings. The first-order valence-corrected chi connectivity index (χ1v) is 15.3. The van der Waals surface area contributed by atoms with E-state index in [-0.39, 0.29) is 30.0 Å². The van der Waals surface area contributed by atoms with Crippen LogP contribution < -0.4 is 10.6 Å². The third-order valence-electron chi connectivity index (χ3n) is 8.03. The minimum absolute atomic E-state index is 0.0659. The number of alkyl halides is 3. The molecule has 0 bridgehead atoms. The summed E-state index contributed by atoms with van der Waals surface area (Å²) in [7, 11) is 1.99. The van der Waals surface area contributed by atoms with Crippen molar-refractivity contribution in [3.8, 4) is 11.8 Å². The highest BCUT2D eigenvalue weighted by Gasteiger charge is 2.34. The molecule has 246 valence electrons. The fraction of sp³-hybridized carbons (Fsp3) is 0.353. The number of aliphatic hydroxyl groups is 1. The molecule has 3 heterocycles. The molecule has 47 heavy (non-hydrogen) atoms. The van der Waals surface area contributed by atoms with Crippen molar-refractivity contribution in [1.82, 2.24) is 29.5 Å². The topological polar surface area (TPSA) is 111 Å². The van der Waals surface area contributed by atoms with Crippen LogP contribution in [0.3, 0.4) is 0 Å². The van der Waals surface area contributed by atoms with Gasteiger partial charge in [-0.05, 0) is 62.7 Å². The molecule has 0 radical (unpaired) electrons. The molecular formula is C34H37F3N8O2. The summed E-state index contributed by atoms with van der Waals surface area (Å²) in [4.78, 5) is 25.9. The van der Waals surface area contributed by atoms with E-state index >= 15 is 0 Å². The maximum atomic E-state index is 14.0. The van der Waals surface area contributed by atoms with E-state index in [1.54, 1.807) is 41.5 Å². The van der Waals surface area contributed by atoms with Gasteiger partial charge in [0.15, 0.2) is 0 Å². The van der Waals surface area contributed by atoms with Crippen LogP contribution in [0.1, 0.15) is 50.3 Å². The lowest BCUT2D eigenvalue weighted by atomic mass is 10.0. The molecule has 3 N–H and O–H groups in total. The third kappa shape index (κ3) is 8.74. The second-order valence-electron chi connectivity index (χ2n) is 11.5. The van der Waals surface area contributed by atoms with Gasteiger partial charge in [-0.2, -0.15) is 18.3 Å². The van der Waals surface area contributed by atoms with Gasteiger partial charge < -0.3 is 20.6 Å². The SMILES string of the molecule is Cc1ccc(C(=O)Nc2ccc(CN3CCN(C)CC3)c(C(F)(F)F)c2)cc1C#Cc1cnc(Nc2cnn(CCCO)c2C)nc1. The minimum Gasteiger partial charge on any atom is -0.396 e. The minimum atomic E-state index is -4.56. The molecular weight excluding hydrogens is 609 g/mol. The van der Waals surface area contributed by atoms with Gasteiger partial charge in [0.1, 0.15) is 0 Å². The lowest BCUT2D eigenvalue weighted by Gasteiger charge is -2.33. The standard InChI is InChI=1S/C34H37F3N8O2/c1-23-5-7-27(32(47)41-29-10-9-28(30(18-29)34(35,36)37)22-44-14-12-43(3)13-15-44)17-26(23)8-6-25-19-38-33(39-20-25)42-31-21-40-45(24(31)2)11-4-16-46/h5,7,9-10,17-21,46H,4,11-16,22H2,1-3H3,(H,41,47)(H,38,39,42). The van der Waals surface area contributed by atoms with Crippen molar-refractivity contribution in [3.05, 3.63) is 94.1 Å². The summed E-state index contributed by atoms with van der Waals surface area (Å²) in [5.41, 5.74) is 3.37. The van der Waals surface area contributed by atoms with E-state index < -0.39 is 17.6 Å². The molecule has 1 fully saturated rings. The van der Waals surface area contributed by atoms with Crippen molar-refractivity contribution in [2.75, 3.05) is 50.5 Å². The smallest absolute Gasteiger partial charge is 0.396 e. The molecule has 2 aromatic heterocycles. The Bertz CT molecular complexity index is 1770. The molecule has 0 unspecified atom stereocenters. The van der Waals surface area contributed by atoms with Gasteiger partial charge in [-0.15, -0.1) is 0 Å². The summed E-state index contributed by atoms with van der Waals surface area (Å²) in [6.07, 6.45) is 0.870. The summed E-state index contributed by atoms with van der Waals surface area (Å²) in [6.45, 7) is 7.64. The number of aryl methyl sites for hydroxylation is 2. The quantitative estimate of drug-likeness (QED) is 0.222. The van der Waals surface area contributed by atoms with Gasteiger partial charge in [0.25, 0.3) is 5.91 Å². The molecule has 1 aliphatic heterocycles. The molecule has 0 aliphatic carbocycles. The van der Waals surface area contributed by atoms with Crippen LogP contribution in [0.5, 0.6) is 0 Å². The van der Waals surface area contributed by atoms with Crippen LogP contribution in [-0.4, -0.2) is 80.4 Å². The summed E-state index contributed by atoms with van der Waals surface area (Å²) in [5, 5.41) is 19.1. The fourth-order valence-electron chi connectivity index (χ4n) is 5.14. The summed E-state index contributed by atoms with van der Waals surface area (Å²) >= 11 is 0. The van der Waals surface area contributed by atoms with Crippen molar-refractivity contribution in [2.45, 2.75) is 39.5 Å². The maximum Gasteiger partial charge on any atom is 0.416 e. The van der Waals surface area contributed by atoms with Gasteiger partial charge in [0.2, 0.25) is 5.95 Å². The predicted molar refractivity (Wildman–Crippen MR) is 173 cm³/mol. The van der Waals surface area contributed by atoms with Crippen LogP contribution in [0.4, 0.5) is 30.5 Å². The number of aromatic nitrogens is 4. The number of carbonyl (C=O) groups is 1. The van der Waals surface area contributed by atoms with E-state index in [9.17, 15) is 18.0 Å². The summed E-state index contributed by atoms with van der Waals surface area (Å²) in [6, 6.07) is 8.92. The Balaban J connectivity index is 1.26. The third-order valence-corrected chi connectivity index (χ3v) is 8.03. The number of benzene rings is 2. The van der Waals surface area contributed by atoms with E-state index in [2.05, 4.69) is 42.4 Å². The Labute approximate surface area is 271 Å². The normalized spacial score (nSPS) is 14.0. The van der Waals surface area contributed by atoms with E-state index in [0.717, 1.165) is 36.1 Å². The lowest BCUT2D eigenvalue weighted by molar-refractivity contribution is -0.138. The van der Waals surface area contributed by atoms with Crippen LogP contribution in [0.2, 0.25) is 0 Å². The lowest BCUT2D eigenvalue weighted by Crippen LogP contribution is -2.44. The Morgan fingerprint density at radius 2 is 1.74 bits per heavy atom. The number of aliphatic hydroxyl groups excluding tert-OH is 1. The van der Waals surface area contributed by atoms with Crippen molar-refractivity contribution in [1.29, 1.82) is 0 Å². The van der Waals surface area contributed by atoms with Gasteiger partial charge in [0.05, 0.1) is 28.7 Å². The molecule has 4 aromatic rings. The molecule has 0 spiro atoms. The number of hydrogen-bond acceptors (Lipinski definition) is 8. The average molecular weight is 647 g/mol. The van der Waals surface area contributed by atoms with Crippen LogP contribution in [0, 0.1) is 25.7 Å². The Morgan fingerprint density at radius 3 is 2.45 bits per heavy atom. The highest BCUT2D eigenvalue weighted by atomic mass is 19.4. The van der Waals surface area contributed by atoms with Gasteiger partial charge >= 0.3 is 6.18 Å². The van der Waals surface area contributed by atoms with Crippen LogP contribution >= 0.6 is 0 Å². The number of hydrogen-bond donors (Lipinski definition) is 3. The van der Waals surface area contributed by atoms with E-state index in [0.29, 0.717) is 43.1 Å². The van der Waals surface area contributed by atoms with Crippen LogP contribution in [-0.2, 0) is 19.3 Å². The highest BCUT2D eigenvalue weighted by Crippen LogP contribution is 2.35. The second-order valence-corrected chi connectivity index (χ2v) is 11.5. The zero-order valence-electron chi connectivity index (χ0n) is 26.5. The van der Waals surface area contributed by atoms with Crippen molar-refractivity contribution >= 4 is 23.2 Å². The van der Waals surface area contributed by atoms with Crippen molar-refractivity contribution < 1.29 is 23.1 Å². The molecule has 1 saturated heterocycles. The van der Waals surface area contributed by atoms with Gasteiger partial charge in [0, 0.05) is 75.1 Å². The summed E-state index contributed by atoms with van der Waals surface area (Å²) in [5.74, 6) is 5.89. The van der Waals surface area contributed by atoms with Crippen LogP contribution in [0.15, 0.2) is 55.0 Å². The molecule has 1 amide bonds. The molecule has 0 saturated carbocycles. The average Bonchev–Trinajstić information content (AvgIpc) is 3.39. The zero-order chi connectivity index (χ0) is 33.6. The fourth-order valence-corrected chi connectivity index (χ4v) is 5.14. The first-order chi connectivity index (χ1) is 22.5. The van der Waals surface area contributed by atoms with Gasteiger partial charge in [-0.1, -0.05) is 24.0 Å². The number of likely N-dealkylation sites (N-methyl/N-ethyl adjacent to an activating group) is 1. The number of rotatable bonds is 9. The molecule has 5 rings (SSSR count). The molecule has 0 atom stereocenters. The number of piperazine rings is 1. The molecule has 10 nitrogen and oxygen atoms in total. The predicted octanol–water partition coefficient (Wildman–Crippen LogP) is 4.83. The number of halogens is 3.